The monoisotopic (exact) mass is 411 g/mol. The van der Waals surface area contributed by atoms with Gasteiger partial charge in [-0.2, -0.15) is 0 Å². The number of piperazine rings is 1. The Morgan fingerprint density at radius 3 is 2.60 bits per heavy atom. The number of benzene rings is 2. The smallest absolute Gasteiger partial charge is 0.270 e. The average Bonchev–Trinajstić information content (AvgIpc) is 3.06. The lowest BCUT2D eigenvalue weighted by atomic mass is 10.0. The Bertz CT molecular complexity index is 1030. The van der Waals surface area contributed by atoms with Crippen LogP contribution in [0.5, 0.6) is 11.5 Å². The molecule has 8 heteroatoms. The van der Waals surface area contributed by atoms with Crippen molar-refractivity contribution >= 4 is 17.5 Å². The Labute approximate surface area is 174 Å². The van der Waals surface area contributed by atoms with Crippen LogP contribution in [-0.2, 0) is 6.54 Å². The van der Waals surface area contributed by atoms with Crippen LogP contribution >= 0.6 is 0 Å². The van der Waals surface area contributed by atoms with E-state index in [1.54, 1.807) is 29.2 Å². The zero-order chi connectivity index (χ0) is 21.3. The highest BCUT2D eigenvalue weighted by Gasteiger charge is 2.33. The van der Waals surface area contributed by atoms with Gasteiger partial charge in [0, 0.05) is 12.1 Å². The van der Waals surface area contributed by atoms with E-state index in [0.29, 0.717) is 29.0 Å². The molecule has 8 nitrogen and oxygen atoms in total. The molecular weight excluding hydrogens is 386 g/mol. The number of phenols is 1. The first-order valence-corrected chi connectivity index (χ1v) is 10.2. The van der Waals surface area contributed by atoms with Crippen molar-refractivity contribution in [2.45, 2.75) is 13.5 Å². The molecule has 2 aliphatic rings. The van der Waals surface area contributed by atoms with Crippen molar-refractivity contribution < 1.29 is 29.4 Å². The molecule has 3 N–H and O–H groups in total. The molecule has 0 atom stereocenters. The van der Waals surface area contributed by atoms with Crippen LogP contribution in [0.4, 0.5) is 5.69 Å². The topological polar surface area (TPSA) is 98.6 Å². The molecule has 0 amide bonds. The van der Waals surface area contributed by atoms with E-state index >= 15 is 0 Å². The largest absolute Gasteiger partial charge is 0.507 e. The number of hydrogen-bond acceptors (Lipinski definition) is 5. The fraction of sp³-hybridized carbons (Fsp3) is 0.318. The normalized spacial score (nSPS) is 22.0. The van der Waals surface area contributed by atoms with Gasteiger partial charge in [0.15, 0.2) is 11.5 Å². The van der Waals surface area contributed by atoms with Crippen molar-refractivity contribution in [2.75, 3.05) is 32.7 Å². The number of nitrogens with zero attached hydrogens (tertiary/aromatic N) is 1. The van der Waals surface area contributed by atoms with E-state index in [1.807, 2.05) is 0 Å². The van der Waals surface area contributed by atoms with Gasteiger partial charge in [0.05, 0.1) is 22.6 Å². The van der Waals surface area contributed by atoms with Crippen LogP contribution in [0.1, 0.15) is 28.4 Å². The van der Waals surface area contributed by atoms with Gasteiger partial charge in [-0.1, -0.05) is 12.1 Å². The molecule has 2 aliphatic heterocycles. The quantitative estimate of drug-likeness (QED) is 0.372. The molecule has 4 rings (SSSR count). The SMILES string of the molecule is CC[NH+]1CC[NH+](Cc2c(O)ccc3c2O/C(=C\c2cccc([N+](=O)[O-])c2)C3=O)CC1. The van der Waals surface area contributed by atoms with E-state index in [0.717, 1.165) is 32.7 Å². The number of non-ortho nitro benzene ring substituents is 1. The number of allylic oxidation sites excluding steroid dienone is 1. The lowest BCUT2D eigenvalue weighted by Gasteiger charge is -2.29. The van der Waals surface area contributed by atoms with Crippen molar-refractivity contribution in [3.05, 3.63) is 69.0 Å². The Morgan fingerprint density at radius 2 is 1.90 bits per heavy atom. The number of likely N-dealkylation sites (N-methyl/N-ethyl adjacent to an activating group) is 1. The predicted octanol–water partition coefficient (Wildman–Crippen LogP) is 0.220. The summed E-state index contributed by atoms with van der Waals surface area (Å²) in [5.74, 6) is 0.339. The molecule has 0 radical (unpaired) electrons. The van der Waals surface area contributed by atoms with E-state index in [-0.39, 0.29) is 23.0 Å². The summed E-state index contributed by atoms with van der Waals surface area (Å²) >= 11 is 0. The van der Waals surface area contributed by atoms with Gasteiger partial charge in [-0.15, -0.1) is 0 Å². The Morgan fingerprint density at radius 1 is 1.17 bits per heavy atom. The van der Waals surface area contributed by atoms with Crippen LogP contribution in [0.25, 0.3) is 6.08 Å². The average molecular weight is 411 g/mol. The van der Waals surface area contributed by atoms with E-state index in [9.17, 15) is 20.0 Å². The van der Waals surface area contributed by atoms with E-state index in [2.05, 4.69) is 6.92 Å². The highest BCUT2D eigenvalue weighted by Crippen LogP contribution is 2.39. The van der Waals surface area contributed by atoms with Crippen LogP contribution in [0, 0.1) is 10.1 Å². The summed E-state index contributed by atoms with van der Waals surface area (Å²) in [4.78, 5) is 26.3. The predicted molar refractivity (Wildman–Crippen MR) is 110 cm³/mol. The minimum atomic E-state index is -0.479. The molecule has 1 fully saturated rings. The standard InChI is InChI=1S/C22H23N3O5/c1-2-23-8-10-24(11-9-23)14-18-19(26)7-6-17-21(27)20(30-22(17)18)13-15-4-3-5-16(12-15)25(28)29/h3-7,12-13,26H,2,8-11,14H2,1H3/p+2/b20-13-. The number of ether oxygens (including phenoxy) is 1. The second-order valence-corrected chi connectivity index (χ2v) is 7.76. The van der Waals surface area contributed by atoms with Crippen molar-refractivity contribution in [1.82, 2.24) is 0 Å². The fourth-order valence-electron chi connectivity index (χ4n) is 4.08. The second-order valence-electron chi connectivity index (χ2n) is 7.76. The number of hydrogen-bond donors (Lipinski definition) is 3. The van der Waals surface area contributed by atoms with Crippen molar-refractivity contribution in [3.63, 3.8) is 0 Å². The van der Waals surface area contributed by atoms with Crippen molar-refractivity contribution in [1.29, 1.82) is 0 Å². The first kappa shape index (κ1) is 20.1. The summed E-state index contributed by atoms with van der Waals surface area (Å²) in [5, 5.41) is 21.5. The summed E-state index contributed by atoms with van der Waals surface area (Å²) in [6.45, 7) is 8.04. The van der Waals surface area contributed by atoms with Crippen molar-refractivity contribution in [2.24, 2.45) is 0 Å². The Hall–Kier alpha value is -3.23. The van der Waals surface area contributed by atoms with Crippen LogP contribution in [-0.4, -0.2) is 48.5 Å². The highest BCUT2D eigenvalue weighted by atomic mass is 16.6. The molecule has 2 aromatic carbocycles. The molecule has 30 heavy (non-hydrogen) atoms. The van der Waals surface area contributed by atoms with Gasteiger partial charge in [0.1, 0.15) is 38.5 Å². The summed E-state index contributed by atoms with van der Waals surface area (Å²) in [5.41, 5.74) is 1.51. The third kappa shape index (κ3) is 3.92. The van der Waals surface area contributed by atoms with Crippen LogP contribution in [0.2, 0.25) is 0 Å². The molecule has 0 bridgehead atoms. The lowest BCUT2D eigenvalue weighted by molar-refractivity contribution is -1.02. The number of nitrogens with one attached hydrogen (secondary N) is 2. The number of nitro groups is 1. The minimum Gasteiger partial charge on any atom is -0.507 e. The number of quaternary nitrogens is 2. The molecule has 0 spiro atoms. The molecule has 2 aromatic rings. The second kappa shape index (κ2) is 8.25. The number of carbonyl (C=O) groups excluding carboxylic acids is 1. The minimum absolute atomic E-state index is 0.0532. The van der Waals surface area contributed by atoms with E-state index in [4.69, 9.17) is 4.74 Å². The first-order valence-electron chi connectivity index (χ1n) is 10.2. The Kier molecular flexibility index (Phi) is 5.52. The third-order valence-corrected chi connectivity index (χ3v) is 5.89. The van der Waals surface area contributed by atoms with Gasteiger partial charge < -0.3 is 19.6 Å². The summed E-state index contributed by atoms with van der Waals surface area (Å²) in [6.07, 6.45) is 1.51. The third-order valence-electron chi connectivity index (χ3n) is 5.89. The molecule has 0 aliphatic carbocycles. The van der Waals surface area contributed by atoms with Gasteiger partial charge in [-0.3, -0.25) is 14.9 Å². The molecule has 1 saturated heterocycles. The maximum atomic E-state index is 12.8. The number of ketones is 1. The van der Waals surface area contributed by atoms with Crippen LogP contribution in [0.3, 0.4) is 0 Å². The zero-order valence-corrected chi connectivity index (χ0v) is 16.8. The number of rotatable bonds is 5. The van der Waals surface area contributed by atoms with E-state index in [1.165, 1.54) is 23.1 Å². The molecule has 2 heterocycles. The fourth-order valence-corrected chi connectivity index (χ4v) is 4.08. The van der Waals surface area contributed by atoms with Crippen LogP contribution < -0.4 is 14.5 Å². The Balaban J connectivity index is 1.59. The summed E-state index contributed by atoms with van der Waals surface area (Å²) in [7, 11) is 0. The number of nitro benzene ring substituents is 1. The van der Waals surface area contributed by atoms with Gasteiger partial charge in [0.25, 0.3) is 5.69 Å². The molecule has 0 unspecified atom stereocenters. The van der Waals surface area contributed by atoms with Gasteiger partial charge >= 0.3 is 0 Å². The maximum absolute atomic E-state index is 12.8. The molecule has 0 aromatic heterocycles. The molecular formula is C22H25N3O5+2. The molecule has 0 saturated carbocycles. The van der Waals surface area contributed by atoms with Gasteiger partial charge in [-0.05, 0) is 30.7 Å². The lowest BCUT2D eigenvalue weighted by Crippen LogP contribution is -3.27. The van der Waals surface area contributed by atoms with Crippen molar-refractivity contribution in [3.8, 4) is 11.5 Å². The zero-order valence-electron chi connectivity index (χ0n) is 16.8. The molecule has 156 valence electrons. The van der Waals surface area contributed by atoms with E-state index < -0.39 is 4.92 Å². The highest BCUT2D eigenvalue weighted by molar-refractivity contribution is 6.15. The van der Waals surface area contributed by atoms with Crippen LogP contribution in [0.15, 0.2) is 42.2 Å². The number of phenolic OH excluding ortho intramolecular Hbond substituents is 1. The summed E-state index contributed by atoms with van der Waals surface area (Å²) in [6, 6.07) is 9.14. The maximum Gasteiger partial charge on any atom is 0.270 e. The van der Waals surface area contributed by atoms with Gasteiger partial charge in [-0.25, -0.2) is 0 Å². The number of Topliss-reactive ketones (excluding diaryl/α,β-unsaturated/α-hetero) is 1. The number of aromatic hydroxyl groups is 1. The first-order chi connectivity index (χ1) is 14.5. The number of carbonyl (C=O) groups is 1. The number of fused-ring (bicyclic) bond motifs is 1. The van der Waals surface area contributed by atoms with Gasteiger partial charge in [0.2, 0.25) is 5.78 Å². The summed E-state index contributed by atoms with van der Waals surface area (Å²) < 4.78 is 5.88.